The smallest absolute Gasteiger partial charge is 0.156 e. The maximum atomic E-state index is 5.58. The van der Waals surface area contributed by atoms with Crippen LogP contribution in [0.1, 0.15) is 13.8 Å². The molecule has 0 unspecified atom stereocenters. The molecule has 1 nitrogen and oxygen atoms in total. The Morgan fingerprint density at radius 2 is 1.88 bits per heavy atom. The average Bonchev–Trinajstić information content (AvgIpc) is 1.61. The van der Waals surface area contributed by atoms with Gasteiger partial charge in [-0.25, -0.2) is 0 Å². The van der Waals surface area contributed by atoms with E-state index in [1.807, 2.05) is 0 Å². The predicted molar refractivity (Wildman–Crippen MR) is 43.6 cm³/mol. The lowest BCUT2D eigenvalue weighted by molar-refractivity contribution is 0.607. The molecule has 0 atom stereocenters. The summed E-state index contributed by atoms with van der Waals surface area (Å²) >= 11 is 0. The van der Waals surface area contributed by atoms with Crippen LogP contribution in [0.2, 0.25) is 18.6 Å². The fraction of sp³-hybridized carbons (Fsp3) is 1.00. The Bertz CT molecular complexity index is 46.4. The van der Waals surface area contributed by atoms with E-state index in [1.165, 1.54) is 0 Å². The molecule has 0 bridgehead atoms. The van der Waals surface area contributed by atoms with E-state index in [-0.39, 0.29) is 9.76 Å². The molecule has 8 heavy (non-hydrogen) atoms. The predicted octanol–water partition coefficient (Wildman–Crippen LogP) is 0.898. The number of rotatable bonds is 3. The Labute approximate surface area is 56.1 Å². The lowest BCUT2D eigenvalue weighted by Gasteiger charge is -2.07. The van der Waals surface area contributed by atoms with E-state index < -0.39 is 9.04 Å². The molecular weight excluding hydrogens is 132 g/mol. The normalized spacial score (nSPS) is 12.8. The molecule has 0 fully saturated rings. The monoisotopic (exact) mass is 148 g/mol. The molecule has 3 heteroatoms. The van der Waals surface area contributed by atoms with Gasteiger partial charge in [-0.05, 0) is 18.6 Å². The number of hydrogen-bond acceptors (Lipinski definition) is 1. The number of hydrogen-bond donors (Lipinski definition) is 0. The molecule has 0 aromatic heterocycles. The van der Waals surface area contributed by atoms with Gasteiger partial charge in [0.25, 0.3) is 0 Å². The SMILES string of the molecule is CC(C)[SiH2]O[SiH](C)C. The van der Waals surface area contributed by atoms with Crippen molar-refractivity contribution in [2.24, 2.45) is 0 Å². The average molecular weight is 148 g/mol. The summed E-state index contributed by atoms with van der Waals surface area (Å²) in [7, 11) is -0.805. The molecule has 0 radical (unpaired) electrons. The first kappa shape index (κ1) is 8.39. The molecule has 0 amide bonds. The highest BCUT2D eigenvalue weighted by Gasteiger charge is 1.97. The third-order valence-electron chi connectivity index (χ3n) is 0.763. The molecular formula is C5H16OSi2. The molecule has 0 heterocycles. The van der Waals surface area contributed by atoms with Gasteiger partial charge in [0, 0.05) is 0 Å². The molecule has 50 valence electrons. The molecule has 0 aromatic carbocycles. The highest BCUT2D eigenvalue weighted by Crippen LogP contribution is 1.97. The summed E-state index contributed by atoms with van der Waals surface area (Å²) in [5.74, 6) is 0. The summed E-state index contributed by atoms with van der Waals surface area (Å²) in [6.07, 6.45) is 0. The first-order valence-electron chi connectivity index (χ1n) is 3.24. The van der Waals surface area contributed by atoms with Gasteiger partial charge in [0.15, 0.2) is 9.04 Å². The quantitative estimate of drug-likeness (QED) is 0.540. The van der Waals surface area contributed by atoms with Gasteiger partial charge in [-0.3, -0.25) is 0 Å². The summed E-state index contributed by atoms with van der Waals surface area (Å²) in [4.78, 5) is 0. The largest absolute Gasteiger partial charge is 0.463 e. The standard InChI is InChI=1S/C5H16OSi2/c1-5(2)7-6-8(3)4/h5,8H,7H2,1-4H3. The van der Waals surface area contributed by atoms with Crippen LogP contribution in [-0.2, 0) is 4.12 Å². The van der Waals surface area contributed by atoms with Crippen LogP contribution in [0.3, 0.4) is 0 Å². The lowest BCUT2D eigenvalue weighted by Crippen LogP contribution is -2.13. The Morgan fingerprint density at radius 1 is 1.38 bits per heavy atom. The first-order valence-corrected chi connectivity index (χ1v) is 7.42. The van der Waals surface area contributed by atoms with Gasteiger partial charge < -0.3 is 4.12 Å². The van der Waals surface area contributed by atoms with Crippen molar-refractivity contribution >= 4 is 18.8 Å². The van der Waals surface area contributed by atoms with Crippen molar-refractivity contribution in [2.75, 3.05) is 0 Å². The van der Waals surface area contributed by atoms with Gasteiger partial charge in [-0.1, -0.05) is 13.8 Å². The lowest BCUT2D eigenvalue weighted by atomic mass is 10.6. The molecule has 0 aliphatic heterocycles. The van der Waals surface area contributed by atoms with E-state index >= 15 is 0 Å². The first-order chi connectivity index (χ1) is 3.63. The zero-order valence-electron chi connectivity index (χ0n) is 6.27. The minimum absolute atomic E-state index is 0.140. The van der Waals surface area contributed by atoms with Crippen LogP contribution in [0.4, 0.5) is 0 Å². The van der Waals surface area contributed by atoms with E-state index in [1.54, 1.807) is 0 Å². The maximum Gasteiger partial charge on any atom is 0.156 e. The van der Waals surface area contributed by atoms with Crippen LogP contribution in [0.15, 0.2) is 0 Å². The van der Waals surface area contributed by atoms with Crippen molar-refractivity contribution in [3.63, 3.8) is 0 Å². The van der Waals surface area contributed by atoms with Crippen LogP contribution < -0.4 is 0 Å². The van der Waals surface area contributed by atoms with E-state index in [0.29, 0.717) is 0 Å². The van der Waals surface area contributed by atoms with Crippen LogP contribution in [0.25, 0.3) is 0 Å². The van der Waals surface area contributed by atoms with Gasteiger partial charge >= 0.3 is 0 Å². The van der Waals surface area contributed by atoms with Gasteiger partial charge in [0.05, 0.1) is 0 Å². The second-order valence-corrected chi connectivity index (χ2v) is 8.17. The van der Waals surface area contributed by atoms with Crippen molar-refractivity contribution < 1.29 is 4.12 Å². The second kappa shape index (κ2) is 4.29. The zero-order valence-corrected chi connectivity index (χ0v) is 8.84. The van der Waals surface area contributed by atoms with Crippen LogP contribution in [-0.4, -0.2) is 18.8 Å². The van der Waals surface area contributed by atoms with Crippen LogP contribution in [0, 0.1) is 0 Å². The minimum atomic E-state index is -0.665. The van der Waals surface area contributed by atoms with Gasteiger partial charge in [0.2, 0.25) is 0 Å². The Kier molecular flexibility index (Phi) is 4.50. The highest BCUT2D eigenvalue weighted by molar-refractivity contribution is 6.56. The summed E-state index contributed by atoms with van der Waals surface area (Å²) in [5.41, 5.74) is 0.838. The van der Waals surface area contributed by atoms with Crippen molar-refractivity contribution in [1.82, 2.24) is 0 Å². The zero-order chi connectivity index (χ0) is 6.57. The third kappa shape index (κ3) is 6.39. The van der Waals surface area contributed by atoms with Crippen molar-refractivity contribution in [2.45, 2.75) is 32.5 Å². The molecule has 0 aromatic rings. The Hall–Kier alpha value is 0.394. The highest BCUT2D eigenvalue weighted by atomic mass is 28.3. The minimum Gasteiger partial charge on any atom is -0.463 e. The Morgan fingerprint density at radius 3 is 2.00 bits per heavy atom. The van der Waals surface area contributed by atoms with E-state index in [0.717, 1.165) is 5.54 Å². The molecule has 0 rings (SSSR count). The molecule has 0 spiro atoms. The summed E-state index contributed by atoms with van der Waals surface area (Å²) in [6.45, 7) is 8.94. The maximum absolute atomic E-state index is 5.58. The topological polar surface area (TPSA) is 9.23 Å². The third-order valence-corrected chi connectivity index (χ3v) is 4.87. The molecule has 0 N–H and O–H groups in total. The van der Waals surface area contributed by atoms with Crippen LogP contribution >= 0.6 is 0 Å². The summed E-state index contributed by atoms with van der Waals surface area (Å²) in [6, 6.07) is 0. The summed E-state index contributed by atoms with van der Waals surface area (Å²) in [5, 5.41) is 0. The van der Waals surface area contributed by atoms with Gasteiger partial charge in [-0.2, -0.15) is 0 Å². The van der Waals surface area contributed by atoms with Gasteiger partial charge in [0.1, 0.15) is 9.76 Å². The summed E-state index contributed by atoms with van der Waals surface area (Å²) < 4.78 is 5.58. The molecule has 0 saturated heterocycles. The van der Waals surface area contributed by atoms with Crippen molar-refractivity contribution in [1.29, 1.82) is 0 Å². The van der Waals surface area contributed by atoms with Crippen LogP contribution in [0.5, 0.6) is 0 Å². The second-order valence-electron chi connectivity index (χ2n) is 2.78. The Balaban J connectivity index is 2.93. The van der Waals surface area contributed by atoms with E-state index in [9.17, 15) is 0 Å². The fourth-order valence-corrected chi connectivity index (χ4v) is 3.46. The van der Waals surface area contributed by atoms with Gasteiger partial charge in [-0.15, -0.1) is 0 Å². The molecule has 0 aliphatic carbocycles. The van der Waals surface area contributed by atoms with E-state index in [4.69, 9.17) is 4.12 Å². The molecule has 0 saturated carbocycles. The fourth-order valence-electron chi connectivity index (χ4n) is 0.385. The van der Waals surface area contributed by atoms with Crippen molar-refractivity contribution in [3.05, 3.63) is 0 Å². The molecule has 0 aliphatic rings. The van der Waals surface area contributed by atoms with E-state index in [2.05, 4.69) is 26.9 Å². The van der Waals surface area contributed by atoms with Crippen molar-refractivity contribution in [3.8, 4) is 0 Å².